The van der Waals surface area contributed by atoms with Gasteiger partial charge >= 0.3 is 17.9 Å². The van der Waals surface area contributed by atoms with Crippen LogP contribution < -0.4 is 0 Å². The molecule has 1 heterocycles. The van der Waals surface area contributed by atoms with Crippen molar-refractivity contribution < 1.29 is 53.8 Å². The van der Waals surface area contributed by atoms with Gasteiger partial charge in [-0.25, -0.2) is 4.79 Å². The highest BCUT2D eigenvalue weighted by atomic mass is 16.7. The van der Waals surface area contributed by atoms with Gasteiger partial charge < -0.3 is 39.4 Å². The Kier molecular flexibility index (Phi) is 34.4. The first kappa shape index (κ1) is 54.1. The fourth-order valence-corrected chi connectivity index (χ4v) is 5.98. The standard InChI is InChI=1S/C49H76O11/c1-3-5-7-9-11-13-15-17-19-20-21-22-24-25-27-29-31-33-35-37-42(50)57-39-41(40-58-49-46(54)44(52)45(53)47(60-49)48(55)56)59-43(51)38-36-34-32-30-28-26-23-18-16-14-12-10-8-6-4-2/h5-8,11-14,17-19,21-23,28,30,41,44-47,49,52-54H,3-4,9-10,15-16,20,24-27,29,31-40H2,1-2H3,(H,55,56)/b7-5-,8-6-,13-11-,14-12-,19-17-,22-21-,23-18-,30-28-. The maximum atomic E-state index is 12.7. The third kappa shape index (κ3) is 29.4. The first-order chi connectivity index (χ1) is 29.2. The molecule has 0 aromatic rings. The number of aliphatic carboxylic acids is 1. The summed E-state index contributed by atoms with van der Waals surface area (Å²) in [4.78, 5) is 36.8. The Morgan fingerprint density at radius 2 is 0.933 bits per heavy atom. The van der Waals surface area contributed by atoms with Gasteiger partial charge in [-0.3, -0.25) is 9.59 Å². The van der Waals surface area contributed by atoms with Crippen LogP contribution in [0.3, 0.4) is 0 Å². The van der Waals surface area contributed by atoms with Crippen LogP contribution in [0.15, 0.2) is 97.2 Å². The van der Waals surface area contributed by atoms with Gasteiger partial charge in [0.2, 0.25) is 0 Å². The monoisotopic (exact) mass is 841 g/mol. The average Bonchev–Trinajstić information content (AvgIpc) is 3.23. The van der Waals surface area contributed by atoms with Crippen LogP contribution >= 0.6 is 0 Å². The molecule has 0 aromatic carbocycles. The molecule has 11 heteroatoms. The van der Waals surface area contributed by atoms with E-state index in [1.165, 1.54) is 0 Å². The maximum Gasteiger partial charge on any atom is 0.335 e. The highest BCUT2D eigenvalue weighted by Gasteiger charge is 2.47. The van der Waals surface area contributed by atoms with Gasteiger partial charge in [-0.1, -0.05) is 137 Å². The molecular weight excluding hydrogens is 765 g/mol. The van der Waals surface area contributed by atoms with E-state index in [-0.39, 0.29) is 19.4 Å². The van der Waals surface area contributed by atoms with E-state index in [4.69, 9.17) is 18.9 Å². The highest BCUT2D eigenvalue weighted by molar-refractivity contribution is 5.73. The fourth-order valence-electron chi connectivity index (χ4n) is 5.98. The molecule has 11 nitrogen and oxygen atoms in total. The summed E-state index contributed by atoms with van der Waals surface area (Å²) in [6.07, 6.45) is 41.7. The van der Waals surface area contributed by atoms with Gasteiger partial charge in [0, 0.05) is 12.8 Å². The molecule has 0 aromatic heterocycles. The quantitative estimate of drug-likeness (QED) is 0.0272. The number of hydrogen-bond donors (Lipinski definition) is 4. The van der Waals surface area contributed by atoms with Crippen LogP contribution in [0.5, 0.6) is 0 Å². The second-order valence-corrected chi connectivity index (χ2v) is 14.8. The van der Waals surface area contributed by atoms with Gasteiger partial charge in [-0.15, -0.1) is 0 Å². The number of carbonyl (C=O) groups is 3. The molecule has 338 valence electrons. The number of rotatable bonds is 35. The van der Waals surface area contributed by atoms with Crippen LogP contribution in [-0.2, 0) is 33.3 Å². The van der Waals surface area contributed by atoms with E-state index in [1.807, 2.05) is 0 Å². The van der Waals surface area contributed by atoms with Crippen molar-refractivity contribution in [2.75, 3.05) is 13.2 Å². The fraction of sp³-hybridized carbons (Fsp3) is 0.612. The van der Waals surface area contributed by atoms with Crippen molar-refractivity contribution in [2.24, 2.45) is 0 Å². The predicted molar refractivity (Wildman–Crippen MR) is 238 cm³/mol. The Morgan fingerprint density at radius 3 is 1.43 bits per heavy atom. The molecule has 60 heavy (non-hydrogen) atoms. The van der Waals surface area contributed by atoms with Crippen LogP contribution in [0, 0.1) is 0 Å². The minimum atomic E-state index is -1.88. The summed E-state index contributed by atoms with van der Waals surface area (Å²) >= 11 is 0. The summed E-state index contributed by atoms with van der Waals surface area (Å²) < 4.78 is 21.7. The van der Waals surface area contributed by atoms with E-state index < -0.39 is 61.3 Å². The van der Waals surface area contributed by atoms with Crippen molar-refractivity contribution in [1.82, 2.24) is 0 Å². The molecule has 4 N–H and O–H groups in total. The van der Waals surface area contributed by atoms with Gasteiger partial charge in [-0.05, 0) is 89.9 Å². The largest absolute Gasteiger partial charge is 0.479 e. The van der Waals surface area contributed by atoms with E-state index in [0.717, 1.165) is 103 Å². The first-order valence-electron chi connectivity index (χ1n) is 22.3. The van der Waals surface area contributed by atoms with Crippen molar-refractivity contribution in [1.29, 1.82) is 0 Å². The second-order valence-electron chi connectivity index (χ2n) is 14.8. The Morgan fingerprint density at radius 1 is 0.517 bits per heavy atom. The van der Waals surface area contributed by atoms with Crippen molar-refractivity contribution in [3.05, 3.63) is 97.2 Å². The summed E-state index contributed by atoms with van der Waals surface area (Å²) in [5.41, 5.74) is 0. The van der Waals surface area contributed by atoms with Crippen LogP contribution in [-0.4, -0.2) is 88.4 Å². The topological polar surface area (TPSA) is 169 Å². The third-order valence-corrected chi connectivity index (χ3v) is 9.43. The van der Waals surface area contributed by atoms with E-state index in [1.54, 1.807) is 0 Å². The lowest BCUT2D eigenvalue weighted by atomic mass is 9.99. The smallest absolute Gasteiger partial charge is 0.335 e. The van der Waals surface area contributed by atoms with Crippen LogP contribution in [0.25, 0.3) is 0 Å². The third-order valence-electron chi connectivity index (χ3n) is 9.43. The minimum Gasteiger partial charge on any atom is -0.479 e. The van der Waals surface area contributed by atoms with E-state index in [2.05, 4.69) is 111 Å². The number of esters is 2. The second kappa shape index (κ2) is 38.1. The number of carbonyl (C=O) groups excluding carboxylic acids is 2. The molecule has 0 aliphatic carbocycles. The van der Waals surface area contributed by atoms with Gasteiger partial charge in [0.05, 0.1) is 6.61 Å². The Hall–Kier alpha value is -3.87. The number of carboxylic acid groups (broad SMARTS) is 1. The molecule has 1 aliphatic rings. The first-order valence-corrected chi connectivity index (χ1v) is 22.3. The van der Waals surface area contributed by atoms with Gasteiger partial charge in [0.15, 0.2) is 18.5 Å². The number of unbranched alkanes of at least 4 members (excludes halogenated alkanes) is 8. The molecule has 0 spiro atoms. The molecule has 0 amide bonds. The van der Waals surface area contributed by atoms with Crippen molar-refractivity contribution in [3.8, 4) is 0 Å². The molecule has 0 bridgehead atoms. The summed E-state index contributed by atoms with van der Waals surface area (Å²) in [6, 6.07) is 0. The molecular formula is C49H76O11. The number of aliphatic hydroxyl groups excluding tert-OH is 3. The number of ether oxygens (including phenoxy) is 4. The summed E-state index contributed by atoms with van der Waals surface area (Å²) in [6.45, 7) is 3.52. The molecule has 6 atom stereocenters. The Bertz CT molecular complexity index is 1360. The lowest BCUT2D eigenvalue weighted by Gasteiger charge is -2.38. The number of hydrogen-bond acceptors (Lipinski definition) is 10. The number of allylic oxidation sites excluding steroid dienone is 16. The maximum absolute atomic E-state index is 12.7. The molecule has 1 aliphatic heterocycles. The average molecular weight is 841 g/mol. The summed E-state index contributed by atoms with van der Waals surface area (Å²) in [7, 11) is 0. The minimum absolute atomic E-state index is 0.121. The number of aliphatic hydroxyl groups is 3. The molecule has 1 rings (SSSR count). The van der Waals surface area contributed by atoms with Gasteiger partial charge in [0.1, 0.15) is 24.9 Å². The summed E-state index contributed by atoms with van der Waals surface area (Å²) in [5.74, 6) is -2.53. The summed E-state index contributed by atoms with van der Waals surface area (Å²) in [5, 5.41) is 39.8. The number of carboxylic acids is 1. The Balaban J connectivity index is 2.41. The zero-order valence-electron chi connectivity index (χ0n) is 36.4. The molecule has 1 saturated heterocycles. The van der Waals surface area contributed by atoms with Crippen LogP contribution in [0.1, 0.15) is 142 Å². The lowest BCUT2D eigenvalue weighted by molar-refractivity contribution is -0.298. The van der Waals surface area contributed by atoms with Crippen molar-refractivity contribution >= 4 is 17.9 Å². The van der Waals surface area contributed by atoms with Gasteiger partial charge in [0.25, 0.3) is 0 Å². The zero-order valence-corrected chi connectivity index (χ0v) is 36.4. The predicted octanol–water partition coefficient (Wildman–Crippen LogP) is 9.64. The van der Waals surface area contributed by atoms with E-state index in [9.17, 15) is 34.8 Å². The highest BCUT2D eigenvalue weighted by Crippen LogP contribution is 2.23. The lowest BCUT2D eigenvalue weighted by Crippen LogP contribution is -2.60. The molecule has 0 saturated carbocycles. The molecule has 1 fully saturated rings. The van der Waals surface area contributed by atoms with E-state index in [0.29, 0.717) is 12.8 Å². The van der Waals surface area contributed by atoms with Gasteiger partial charge in [-0.2, -0.15) is 0 Å². The van der Waals surface area contributed by atoms with Crippen molar-refractivity contribution in [3.63, 3.8) is 0 Å². The van der Waals surface area contributed by atoms with Crippen molar-refractivity contribution in [2.45, 2.75) is 179 Å². The molecule has 6 unspecified atom stereocenters. The zero-order chi connectivity index (χ0) is 43.9. The van der Waals surface area contributed by atoms with Crippen LogP contribution in [0.4, 0.5) is 0 Å². The van der Waals surface area contributed by atoms with Crippen LogP contribution in [0.2, 0.25) is 0 Å². The Labute approximate surface area is 360 Å². The molecule has 0 radical (unpaired) electrons. The van der Waals surface area contributed by atoms with E-state index >= 15 is 0 Å². The normalized spacial score (nSPS) is 20.7. The SMILES string of the molecule is CC/C=C\C/C=C\C/C=C\C/C=C\CCCCCCCCC(=O)OCC(COC1OC(C(=O)O)C(O)C(O)C1O)OC(=O)CCCC/C=C\C/C=C\C/C=C\C/C=C\CC.